The number of anilines is 1. The van der Waals surface area contributed by atoms with E-state index in [4.69, 9.17) is 5.11 Å². The largest absolute Gasteiger partial charge is 0.481 e. The van der Waals surface area contributed by atoms with E-state index in [0.717, 1.165) is 15.4 Å². The van der Waals surface area contributed by atoms with E-state index in [1.807, 2.05) is 25.2 Å². The van der Waals surface area contributed by atoms with Crippen molar-refractivity contribution in [2.24, 2.45) is 7.05 Å². The van der Waals surface area contributed by atoms with E-state index in [0.29, 0.717) is 25.2 Å². The van der Waals surface area contributed by atoms with Crippen LogP contribution in [0, 0.1) is 11.5 Å². The average Bonchev–Trinajstić information content (AvgIpc) is 2.75. The van der Waals surface area contributed by atoms with Gasteiger partial charge in [-0.15, -0.1) is 0 Å². The Morgan fingerprint density at radius 1 is 1.52 bits per heavy atom. The first-order valence-electron chi connectivity index (χ1n) is 6.54. The van der Waals surface area contributed by atoms with Crippen molar-refractivity contribution in [3.05, 3.63) is 22.7 Å². The highest BCUT2D eigenvalue weighted by Crippen LogP contribution is 2.28. The van der Waals surface area contributed by atoms with Gasteiger partial charge >= 0.3 is 5.97 Å². The highest BCUT2D eigenvalue weighted by molar-refractivity contribution is 9.10. The standard InChI is InChI=1S/C14H15BrN4O2/c1-18-12-8-10(15)5-6-11(12)14(17-18)19(9-16)7-3-2-4-13(20)21/h5-6,8H,2-4,7H2,1H3,(H,20,21). The molecule has 1 heterocycles. The van der Waals surface area contributed by atoms with Crippen molar-refractivity contribution in [3.8, 4) is 6.19 Å². The Morgan fingerprint density at radius 2 is 2.29 bits per heavy atom. The number of aromatic nitrogens is 2. The molecule has 1 aromatic heterocycles. The van der Waals surface area contributed by atoms with Crippen LogP contribution in [-0.4, -0.2) is 27.4 Å². The van der Waals surface area contributed by atoms with Crippen LogP contribution >= 0.6 is 15.9 Å². The van der Waals surface area contributed by atoms with Gasteiger partial charge < -0.3 is 5.11 Å². The maximum absolute atomic E-state index is 10.5. The number of nitrogens with zero attached hydrogens (tertiary/aromatic N) is 4. The molecular weight excluding hydrogens is 336 g/mol. The molecule has 0 bridgehead atoms. The Kier molecular flexibility index (Phi) is 4.81. The lowest BCUT2D eigenvalue weighted by molar-refractivity contribution is -0.137. The molecule has 0 spiro atoms. The van der Waals surface area contributed by atoms with Gasteiger partial charge in [0.05, 0.1) is 5.52 Å². The molecule has 110 valence electrons. The lowest BCUT2D eigenvalue weighted by atomic mass is 10.2. The number of fused-ring (bicyclic) bond motifs is 1. The second kappa shape index (κ2) is 6.59. The molecule has 0 aliphatic heterocycles. The van der Waals surface area contributed by atoms with E-state index in [-0.39, 0.29) is 6.42 Å². The summed E-state index contributed by atoms with van der Waals surface area (Å²) in [5.74, 6) is -0.204. The van der Waals surface area contributed by atoms with Gasteiger partial charge in [0.1, 0.15) is 0 Å². The Morgan fingerprint density at radius 3 is 2.95 bits per heavy atom. The van der Waals surface area contributed by atoms with Crippen molar-refractivity contribution in [1.29, 1.82) is 5.26 Å². The lowest BCUT2D eigenvalue weighted by Gasteiger charge is -2.12. The highest BCUT2D eigenvalue weighted by Gasteiger charge is 2.15. The average molecular weight is 351 g/mol. The molecule has 0 unspecified atom stereocenters. The predicted molar refractivity (Wildman–Crippen MR) is 82.9 cm³/mol. The normalized spacial score (nSPS) is 10.5. The molecule has 1 aromatic carbocycles. The number of hydrogen-bond acceptors (Lipinski definition) is 4. The summed E-state index contributed by atoms with van der Waals surface area (Å²) in [5, 5.41) is 23.2. The van der Waals surface area contributed by atoms with E-state index >= 15 is 0 Å². The van der Waals surface area contributed by atoms with Gasteiger partial charge in [-0.25, -0.2) is 0 Å². The molecule has 0 saturated heterocycles. The van der Waals surface area contributed by atoms with Crippen molar-refractivity contribution in [2.75, 3.05) is 11.4 Å². The molecule has 2 rings (SSSR count). The summed E-state index contributed by atoms with van der Waals surface area (Å²) < 4.78 is 2.69. The molecule has 7 heteroatoms. The number of unbranched alkanes of at least 4 members (excludes halogenated alkanes) is 1. The predicted octanol–water partition coefficient (Wildman–Crippen LogP) is 2.88. The second-order valence-corrected chi connectivity index (χ2v) is 5.63. The van der Waals surface area contributed by atoms with Crippen LogP contribution < -0.4 is 4.90 Å². The third-order valence-electron chi connectivity index (χ3n) is 3.19. The highest BCUT2D eigenvalue weighted by atomic mass is 79.9. The Labute approximate surface area is 130 Å². The first-order valence-corrected chi connectivity index (χ1v) is 7.33. The minimum atomic E-state index is -0.813. The second-order valence-electron chi connectivity index (χ2n) is 4.71. The summed E-state index contributed by atoms with van der Waals surface area (Å²) >= 11 is 3.42. The summed E-state index contributed by atoms with van der Waals surface area (Å²) in [6.07, 6.45) is 3.42. The van der Waals surface area contributed by atoms with E-state index in [9.17, 15) is 10.1 Å². The molecular formula is C14H15BrN4O2. The van der Waals surface area contributed by atoms with Gasteiger partial charge in [0.15, 0.2) is 12.0 Å². The van der Waals surface area contributed by atoms with Gasteiger partial charge in [0.25, 0.3) is 0 Å². The number of carboxylic acid groups (broad SMARTS) is 1. The minimum Gasteiger partial charge on any atom is -0.481 e. The van der Waals surface area contributed by atoms with Crippen molar-refractivity contribution >= 4 is 38.6 Å². The van der Waals surface area contributed by atoms with Crippen LogP contribution in [0.15, 0.2) is 22.7 Å². The van der Waals surface area contributed by atoms with E-state index in [2.05, 4.69) is 27.2 Å². The maximum atomic E-state index is 10.5. The number of aryl methyl sites for hydroxylation is 1. The Hall–Kier alpha value is -2.07. The maximum Gasteiger partial charge on any atom is 0.303 e. The van der Waals surface area contributed by atoms with Crippen LogP contribution in [0.4, 0.5) is 5.82 Å². The van der Waals surface area contributed by atoms with Gasteiger partial charge in [-0.2, -0.15) is 10.4 Å². The number of hydrogen-bond donors (Lipinski definition) is 1. The van der Waals surface area contributed by atoms with Crippen molar-refractivity contribution in [1.82, 2.24) is 9.78 Å². The van der Waals surface area contributed by atoms with Crippen LogP contribution in [0.1, 0.15) is 19.3 Å². The summed E-state index contributed by atoms with van der Waals surface area (Å²) in [6, 6.07) is 5.78. The topological polar surface area (TPSA) is 82.2 Å². The molecule has 0 aliphatic rings. The number of benzene rings is 1. The van der Waals surface area contributed by atoms with Gasteiger partial charge in [-0.05, 0) is 31.0 Å². The fraction of sp³-hybridized carbons (Fsp3) is 0.357. The third-order valence-corrected chi connectivity index (χ3v) is 3.69. The van der Waals surface area contributed by atoms with E-state index in [1.54, 1.807) is 4.68 Å². The lowest BCUT2D eigenvalue weighted by Crippen LogP contribution is -2.19. The monoisotopic (exact) mass is 350 g/mol. The molecule has 0 aliphatic carbocycles. The smallest absolute Gasteiger partial charge is 0.303 e. The van der Waals surface area contributed by atoms with Gasteiger partial charge in [-0.3, -0.25) is 14.4 Å². The van der Waals surface area contributed by atoms with E-state index in [1.165, 1.54) is 4.90 Å². The molecule has 0 saturated carbocycles. The molecule has 0 amide bonds. The number of aliphatic carboxylic acids is 1. The van der Waals surface area contributed by atoms with Crippen LogP contribution in [0.25, 0.3) is 10.9 Å². The third kappa shape index (κ3) is 3.52. The summed E-state index contributed by atoms with van der Waals surface area (Å²) in [5.41, 5.74) is 0.935. The first-order chi connectivity index (χ1) is 10.0. The minimum absolute atomic E-state index is 0.120. The van der Waals surface area contributed by atoms with Crippen molar-refractivity contribution in [3.63, 3.8) is 0 Å². The SMILES string of the molecule is Cn1nc(N(C#N)CCCCC(=O)O)c2ccc(Br)cc21. The summed E-state index contributed by atoms with van der Waals surface area (Å²) in [4.78, 5) is 12.0. The molecule has 2 aromatic rings. The Balaban J connectivity index is 2.19. The Bertz CT molecular complexity index is 705. The number of carbonyl (C=O) groups is 1. The zero-order valence-corrected chi connectivity index (χ0v) is 13.2. The zero-order chi connectivity index (χ0) is 15.4. The van der Waals surface area contributed by atoms with Gasteiger partial charge in [-0.1, -0.05) is 15.9 Å². The number of halogens is 1. The van der Waals surface area contributed by atoms with E-state index < -0.39 is 5.97 Å². The number of nitriles is 1. The number of rotatable bonds is 6. The number of carboxylic acids is 1. The first kappa shape index (κ1) is 15.3. The van der Waals surface area contributed by atoms with Gasteiger partial charge in [0.2, 0.25) is 0 Å². The molecule has 1 N–H and O–H groups in total. The molecule has 6 nitrogen and oxygen atoms in total. The quantitative estimate of drug-likeness (QED) is 0.492. The van der Waals surface area contributed by atoms with Crippen LogP contribution in [0.3, 0.4) is 0 Å². The summed E-state index contributed by atoms with van der Waals surface area (Å²) in [6.45, 7) is 0.464. The fourth-order valence-corrected chi connectivity index (χ4v) is 2.51. The van der Waals surface area contributed by atoms with Crippen molar-refractivity contribution < 1.29 is 9.90 Å². The van der Waals surface area contributed by atoms with Gasteiger partial charge in [0, 0.05) is 29.9 Å². The summed E-state index contributed by atoms with van der Waals surface area (Å²) in [7, 11) is 1.83. The van der Waals surface area contributed by atoms with Crippen LogP contribution in [0.2, 0.25) is 0 Å². The molecule has 21 heavy (non-hydrogen) atoms. The van der Waals surface area contributed by atoms with Crippen LogP contribution in [0.5, 0.6) is 0 Å². The molecule has 0 radical (unpaired) electrons. The molecule has 0 fully saturated rings. The van der Waals surface area contributed by atoms with Crippen LogP contribution in [-0.2, 0) is 11.8 Å². The zero-order valence-electron chi connectivity index (χ0n) is 11.6. The fourth-order valence-electron chi connectivity index (χ4n) is 2.16. The van der Waals surface area contributed by atoms with Crippen molar-refractivity contribution in [2.45, 2.75) is 19.3 Å². The molecule has 0 atom stereocenters.